The molecule has 0 radical (unpaired) electrons. The number of hydrogen-bond donors (Lipinski definition) is 1. The van der Waals surface area contributed by atoms with E-state index in [1.54, 1.807) is 30.3 Å². The summed E-state index contributed by atoms with van der Waals surface area (Å²) in [5.41, 5.74) is 0.918. The third-order valence-electron chi connectivity index (χ3n) is 3.75. The van der Waals surface area contributed by atoms with Crippen molar-refractivity contribution in [3.8, 4) is 28.7 Å². The maximum atomic E-state index is 12.7. The van der Waals surface area contributed by atoms with E-state index in [2.05, 4.69) is 5.32 Å². The number of nitrogens with one attached hydrogen (secondary N) is 1. The van der Waals surface area contributed by atoms with E-state index in [-0.39, 0.29) is 5.91 Å². The van der Waals surface area contributed by atoms with Crippen LogP contribution in [0.25, 0.3) is 0 Å². The number of fused-ring (bicyclic) bond motifs is 1. The fourth-order valence-corrected chi connectivity index (χ4v) is 2.53. The van der Waals surface area contributed by atoms with Crippen molar-refractivity contribution < 1.29 is 28.5 Å². The number of benzene rings is 2. The number of carbonyl (C=O) groups excluding carboxylic acids is 1. The monoisotopic (exact) mass is 345 g/mol. The summed E-state index contributed by atoms with van der Waals surface area (Å²) in [6.45, 7) is 0.995. The number of carbonyl (C=O) groups is 1. The zero-order chi connectivity index (χ0) is 17.8. The third-order valence-corrected chi connectivity index (χ3v) is 3.75. The molecule has 1 heterocycles. The van der Waals surface area contributed by atoms with Gasteiger partial charge in [-0.3, -0.25) is 4.79 Å². The molecule has 1 aliphatic heterocycles. The van der Waals surface area contributed by atoms with Crippen LogP contribution in [0, 0.1) is 0 Å². The lowest BCUT2D eigenvalue weighted by atomic mass is 10.1. The molecule has 132 valence electrons. The van der Waals surface area contributed by atoms with Gasteiger partial charge in [-0.1, -0.05) is 0 Å². The number of rotatable bonds is 5. The van der Waals surface area contributed by atoms with Gasteiger partial charge in [0.15, 0.2) is 23.0 Å². The average Bonchev–Trinajstić information content (AvgIpc) is 2.66. The minimum absolute atomic E-state index is 0.329. The average molecular weight is 345 g/mol. The molecule has 7 nitrogen and oxygen atoms in total. The summed E-state index contributed by atoms with van der Waals surface area (Å²) in [4.78, 5) is 12.7. The second-order valence-corrected chi connectivity index (χ2v) is 5.22. The van der Waals surface area contributed by atoms with Gasteiger partial charge in [-0.2, -0.15) is 0 Å². The molecular formula is C18H19NO6. The molecule has 2 aromatic carbocycles. The fraction of sp³-hybridized carbons (Fsp3) is 0.278. The molecule has 2 aromatic rings. The second-order valence-electron chi connectivity index (χ2n) is 5.22. The summed E-state index contributed by atoms with van der Waals surface area (Å²) >= 11 is 0. The van der Waals surface area contributed by atoms with Crippen LogP contribution < -0.4 is 29.0 Å². The summed E-state index contributed by atoms with van der Waals surface area (Å²) in [6, 6.07) is 8.41. The molecular weight excluding hydrogens is 326 g/mol. The van der Waals surface area contributed by atoms with Crippen LogP contribution in [0.3, 0.4) is 0 Å². The zero-order valence-electron chi connectivity index (χ0n) is 14.3. The Balaban J connectivity index is 1.88. The summed E-state index contributed by atoms with van der Waals surface area (Å²) in [5.74, 6) is 2.23. The van der Waals surface area contributed by atoms with Gasteiger partial charge in [-0.15, -0.1) is 0 Å². The van der Waals surface area contributed by atoms with E-state index in [9.17, 15) is 4.79 Å². The Morgan fingerprint density at radius 3 is 2.20 bits per heavy atom. The van der Waals surface area contributed by atoms with Crippen molar-refractivity contribution in [1.82, 2.24) is 0 Å². The van der Waals surface area contributed by atoms with Gasteiger partial charge in [0.25, 0.3) is 5.91 Å². The molecule has 1 N–H and O–H groups in total. The van der Waals surface area contributed by atoms with Crippen molar-refractivity contribution in [2.24, 2.45) is 0 Å². The van der Waals surface area contributed by atoms with Crippen molar-refractivity contribution in [2.45, 2.75) is 0 Å². The van der Waals surface area contributed by atoms with Crippen LogP contribution in [-0.2, 0) is 0 Å². The number of ether oxygens (including phenoxy) is 5. The highest BCUT2D eigenvalue weighted by molar-refractivity contribution is 6.06. The van der Waals surface area contributed by atoms with Crippen molar-refractivity contribution in [2.75, 3.05) is 39.9 Å². The molecule has 1 amide bonds. The highest BCUT2D eigenvalue weighted by atomic mass is 16.6. The van der Waals surface area contributed by atoms with Gasteiger partial charge in [-0.05, 0) is 12.1 Å². The summed E-state index contributed by atoms with van der Waals surface area (Å²) in [5, 5.41) is 2.82. The Labute approximate surface area is 145 Å². The molecule has 0 spiro atoms. The number of amides is 1. The summed E-state index contributed by atoms with van der Waals surface area (Å²) < 4.78 is 26.8. The molecule has 0 aliphatic carbocycles. The maximum absolute atomic E-state index is 12.7. The van der Waals surface area contributed by atoms with Crippen LogP contribution in [0.2, 0.25) is 0 Å². The Hall–Kier alpha value is -3.09. The zero-order valence-corrected chi connectivity index (χ0v) is 14.3. The van der Waals surface area contributed by atoms with Crippen molar-refractivity contribution in [1.29, 1.82) is 0 Å². The largest absolute Gasteiger partial charge is 0.496 e. The minimum Gasteiger partial charge on any atom is -0.496 e. The van der Waals surface area contributed by atoms with E-state index in [1.807, 2.05) is 0 Å². The number of anilines is 1. The van der Waals surface area contributed by atoms with Gasteiger partial charge in [0.05, 0.1) is 26.9 Å². The Bertz CT molecular complexity index is 789. The van der Waals surface area contributed by atoms with E-state index in [0.29, 0.717) is 53.2 Å². The predicted molar refractivity (Wildman–Crippen MR) is 91.5 cm³/mol. The van der Waals surface area contributed by atoms with Gasteiger partial charge in [-0.25, -0.2) is 0 Å². The lowest BCUT2D eigenvalue weighted by molar-refractivity contribution is 0.102. The Morgan fingerprint density at radius 2 is 1.52 bits per heavy atom. The number of hydrogen-bond acceptors (Lipinski definition) is 6. The summed E-state index contributed by atoms with van der Waals surface area (Å²) in [6.07, 6.45) is 0. The predicted octanol–water partition coefficient (Wildman–Crippen LogP) is 2.74. The molecule has 0 fully saturated rings. The first-order valence-electron chi connectivity index (χ1n) is 7.67. The van der Waals surface area contributed by atoms with Crippen LogP contribution in [0.15, 0.2) is 30.3 Å². The molecule has 1 aliphatic rings. The van der Waals surface area contributed by atoms with Gasteiger partial charge in [0.1, 0.15) is 19.0 Å². The van der Waals surface area contributed by atoms with Crippen LogP contribution >= 0.6 is 0 Å². The molecule has 25 heavy (non-hydrogen) atoms. The normalized spacial score (nSPS) is 12.3. The topological polar surface area (TPSA) is 75.3 Å². The van der Waals surface area contributed by atoms with E-state index in [4.69, 9.17) is 23.7 Å². The van der Waals surface area contributed by atoms with E-state index in [0.717, 1.165) is 0 Å². The minimum atomic E-state index is -0.338. The molecule has 0 saturated heterocycles. The molecule has 3 rings (SSSR count). The van der Waals surface area contributed by atoms with Gasteiger partial charge < -0.3 is 29.0 Å². The molecule has 0 saturated carbocycles. The SMILES string of the molecule is COc1cc(OC)c(C(=O)Nc2ccc3c(c2)OCCO3)cc1OC. The quantitative estimate of drug-likeness (QED) is 0.898. The number of methoxy groups -OCH3 is 3. The lowest BCUT2D eigenvalue weighted by Gasteiger charge is -2.19. The molecule has 0 bridgehead atoms. The third kappa shape index (κ3) is 3.40. The van der Waals surface area contributed by atoms with E-state index < -0.39 is 0 Å². The Kier molecular flexibility index (Phi) is 4.83. The fourth-order valence-electron chi connectivity index (χ4n) is 2.53. The first-order chi connectivity index (χ1) is 12.2. The van der Waals surface area contributed by atoms with Crippen molar-refractivity contribution in [3.05, 3.63) is 35.9 Å². The van der Waals surface area contributed by atoms with Crippen molar-refractivity contribution in [3.63, 3.8) is 0 Å². The molecule has 0 atom stereocenters. The van der Waals surface area contributed by atoms with Crippen LogP contribution in [0.4, 0.5) is 5.69 Å². The van der Waals surface area contributed by atoms with E-state index in [1.165, 1.54) is 21.3 Å². The van der Waals surface area contributed by atoms with Gasteiger partial charge in [0.2, 0.25) is 0 Å². The second kappa shape index (κ2) is 7.21. The lowest BCUT2D eigenvalue weighted by Crippen LogP contribution is -2.17. The molecule has 7 heteroatoms. The summed E-state index contributed by atoms with van der Waals surface area (Å²) in [7, 11) is 4.52. The maximum Gasteiger partial charge on any atom is 0.259 e. The van der Waals surface area contributed by atoms with Crippen LogP contribution in [-0.4, -0.2) is 40.5 Å². The Morgan fingerprint density at radius 1 is 0.880 bits per heavy atom. The van der Waals surface area contributed by atoms with Crippen LogP contribution in [0.1, 0.15) is 10.4 Å². The molecule has 0 aromatic heterocycles. The first kappa shape index (κ1) is 16.8. The van der Waals surface area contributed by atoms with Crippen molar-refractivity contribution >= 4 is 11.6 Å². The van der Waals surface area contributed by atoms with Gasteiger partial charge >= 0.3 is 0 Å². The smallest absolute Gasteiger partial charge is 0.259 e. The highest BCUT2D eigenvalue weighted by Crippen LogP contribution is 2.36. The first-order valence-corrected chi connectivity index (χ1v) is 7.67. The standard InChI is InChI=1S/C18H19NO6/c1-21-14-10-16(23-3)15(22-2)9-12(14)18(20)19-11-4-5-13-17(8-11)25-7-6-24-13/h4-5,8-10H,6-7H2,1-3H3,(H,19,20). The highest BCUT2D eigenvalue weighted by Gasteiger charge is 2.19. The molecule has 0 unspecified atom stereocenters. The van der Waals surface area contributed by atoms with Gasteiger partial charge in [0, 0.05) is 23.9 Å². The van der Waals surface area contributed by atoms with E-state index >= 15 is 0 Å². The van der Waals surface area contributed by atoms with Crippen LogP contribution in [0.5, 0.6) is 28.7 Å².